The van der Waals surface area contributed by atoms with Gasteiger partial charge in [0.2, 0.25) is 0 Å². The van der Waals surface area contributed by atoms with E-state index in [1.807, 2.05) is 0 Å². The number of nitrogens with zero attached hydrogens (tertiary/aromatic N) is 1. The standard InChI is InChI=1S/C45H69NO3.C7H6O2.Ti/c1-40(2,3)31-19-28(37(47)34(22-31)43(10,11)12)25-46(26-29-20-32(41(4,5)6)23-35(38(29)48)44(13,14)15)27-30-21-33(42(7,8)9)24-36(39(30)49)45(16,17)18;8-6-4-2-1-3-5-7(6)9;/h19-24,47-49H,25-27H2,1-18H3;1-5,8H;/q;;+4/p-4. The van der Waals surface area contributed by atoms with Crippen molar-refractivity contribution >= 4 is 0 Å². The summed E-state index contributed by atoms with van der Waals surface area (Å²) in [6, 6.07) is 19.6. The van der Waals surface area contributed by atoms with Crippen LogP contribution in [-0.4, -0.2) is 4.90 Å². The molecule has 0 heterocycles. The van der Waals surface area contributed by atoms with Crippen LogP contribution >= 0.6 is 0 Å². The van der Waals surface area contributed by atoms with E-state index in [-0.39, 0.29) is 71.5 Å². The average Bonchev–Trinajstić information content (AvgIpc) is 3.23. The summed E-state index contributed by atoms with van der Waals surface area (Å²) in [5.41, 5.74) is 6.27. The van der Waals surface area contributed by atoms with E-state index in [9.17, 15) is 25.5 Å². The van der Waals surface area contributed by atoms with Crippen LogP contribution in [0.3, 0.4) is 0 Å². The predicted molar refractivity (Wildman–Crippen MR) is 233 cm³/mol. The fourth-order valence-electron chi connectivity index (χ4n) is 6.79. The monoisotopic (exact) mass is 837 g/mol. The van der Waals surface area contributed by atoms with E-state index in [1.54, 1.807) is 18.2 Å². The molecule has 0 radical (unpaired) electrons. The first-order chi connectivity index (χ1) is 26.1. The van der Waals surface area contributed by atoms with E-state index in [1.165, 1.54) is 12.1 Å². The fourth-order valence-corrected chi connectivity index (χ4v) is 6.79. The van der Waals surface area contributed by atoms with Gasteiger partial charge in [-0.05, 0) is 82.6 Å². The first kappa shape index (κ1) is 51.6. The van der Waals surface area contributed by atoms with Gasteiger partial charge in [0.15, 0.2) is 0 Å². The topological polar surface area (TPSA) is 119 Å². The quantitative estimate of drug-likeness (QED) is 0.141. The second kappa shape index (κ2) is 18.6. The maximum absolute atomic E-state index is 14.3. The van der Waals surface area contributed by atoms with Crippen LogP contribution in [0.15, 0.2) is 66.7 Å². The molecular formula is C52H71NO5Ti. The molecule has 0 aliphatic heterocycles. The van der Waals surface area contributed by atoms with Crippen molar-refractivity contribution in [2.75, 3.05) is 0 Å². The molecule has 0 bridgehead atoms. The van der Waals surface area contributed by atoms with E-state index in [2.05, 4.69) is 166 Å². The molecule has 59 heavy (non-hydrogen) atoms. The van der Waals surface area contributed by atoms with Crippen LogP contribution in [0.1, 0.15) is 175 Å². The third kappa shape index (κ3) is 13.7. The van der Waals surface area contributed by atoms with Crippen molar-refractivity contribution in [1.29, 1.82) is 0 Å². The Morgan fingerprint density at radius 2 is 0.712 bits per heavy atom. The van der Waals surface area contributed by atoms with Crippen LogP contribution in [0.25, 0.3) is 0 Å². The van der Waals surface area contributed by atoms with Gasteiger partial charge in [-0.2, -0.15) is 0 Å². The molecule has 4 aromatic rings. The second-order valence-corrected chi connectivity index (χ2v) is 22.3. The Kier molecular flexibility index (Phi) is 16.2. The summed E-state index contributed by atoms with van der Waals surface area (Å²) in [6.45, 7) is 39.3. The van der Waals surface area contributed by atoms with Gasteiger partial charge in [-0.1, -0.05) is 161 Å². The Hall–Kier alpha value is -3.58. The van der Waals surface area contributed by atoms with E-state index < -0.39 is 11.5 Å². The molecule has 0 spiro atoms. The predicted octanol–water partition coefficient (Wildman–Crippen LogP) is 10.0. The molecule has 0 saturated heterocycles. The molecule has 6 nitrogen and oxygen atoms in total. The van der Waals surface area contributed by atoms with Crippen molar-refractivity contribution in [3.05, 3.63) is 117 Å². The molecule has 0 aliphatic rings. The largest absolute Gasteiger partial charge is 4.00 e. The first-order valence-electron chi connectivity index (χ1n) is 20.7. The molecule has 0 amide bonds. The van der Waals surface area contributed by atoms with Crippen LogP contribution in [-0.2, 0) is 73.8 Å². The third-order valence-corrected chi connectivity index (χ3v) is 10.7. The summed E-state index contributed by atoms with van der Waals surface area (Å²) in [5, 5.41) is 63.8. The fraction of sp³-hybridized carbons (Fsp3) is 0.519. The molecule has 318 valence electrons. The van der Waals surface area contributed by atoms with Gasteiger partial charge < -0.3 is 25.5 Å². The maximum Gasteiger partial charge on any atom is 4.00 e. The summed E-state index contributed by atoms with van der Waals surface area (Å²) < 4.78 is 0. The molecule has 7 heteroatoms. The van der Waals surface area contributed by atoms with Gasteiger partial charge >= 0.3 is 21.7 Å². The Bertz CT molecular complexity index is 1850. The summed E-state index contributed by atoms with van der Waals surface area (Å²) >= 11 is 0. The van der Waals surface area contributed by atoms with Crippen molar-refractivity contribution in [2.24, 2.45) is 0 Å². The summed E-state index contributed by atoms with van der Waals surface area (Å²) in [4.78, 5) is 2.15. The maximum atomic E-state index is 14.3. The Morgan fingerprint density at radius 1 is 0.424 bits per heavy atom. The van der Waals surface area contributed by atoms with Crippen LogP contribution in [0.5, 0.6) is 28.7 Å². The number of rotatable bonds is 6. The van der Waals surface area contributed by atoms with Crippen LogP contribution in [0, 0.1) is 0 Å². The molecule has 4 aromatic carbocycles. The second-order valence-electron chi connectivity index (χ2n) is 22.3. The molecule has 0 aromatic heterocycles. The molecule has 0 unspecified atom stereocenters. The van der Waals surface area contributed by atoms with Gasteiger partial charge in [-0.3, -0.25) is 4.90 Å². The van der Waals surface area contributed by atoms with E-state index in [4.69, 9.17) is 0 Å². The van der Waals surface area contributed by atoms with Crippen LogP contribution in [0.4, 0.5) is 0 Å². The summed E-state index contributed by atoms with van der Waals surface area (Å²) in [5.74, 6) is -0.812. The van der Waals surface area contributed by atoms with Gasteiger partial charge in [0.05, 0.1) is 0 Å². The Labute approximate surface area is 372 Å². The Balaban J connectivity index is 0.00000106. The zero-order valence-electron chi connectivity index (χ0n) is 39.5. The molecule has 0 fully saturated rings. The van der Waals surface area contributed by atoms with Gasteiger partial charge in [-0.25, -0.2) is 0 Å². The molecule has 0 atom stereocenters. The smallest absolute Gasteiger partial charge is 0.872 e. The number of hydrogen-bond acceptors (Lipinski definition) is 6. The zero-order chi connectivity index (χ0) is 44.6. The van der Waals surface area contributed by atoms with Crippen molar-refractivity contribution < 1.29 is 47.3 Å². The van der Waals surface area contributed by atoms with Crippen molar-refractivity contribution in [2.45, 2.75) is 177 Å². The van der Waals surface area contributed by atoms with Gasteiger partial charge in [0.1, 0.15) is 0 Å². The third-order valence-electron chi connectivity index (χ3n) is 10.7. The number of hydrogen-bond donors (Lipinski definition) is 0. The average molecular weight is 838 g/mol. The molecule has 0 saturated carbocycles. The summed E-state index contributed by atoms with van der Waals surface area (Å²) in [7, 11) is 0. The SMILES string of the molecule is CC(C)(C)c1cc(CN(Cc2cc(C(C)(C)C)cc(C(C)(C)C)c2[O-])Cc2cc(C(C)(C)C)cc(C(C)(C)C)c2[O-])c([O-])c(C(C)(C)C)c1.[O-]c1ccccc[c+]1[O-].[Ti+4]. The first-order valence-corrected chi connectivity index (χ1v) is 20.7. The zero-order valence-corrected chi connectivity index (χ0v) is 41.0. The minimum atomic E-state index is -0.458. The van der Waals surface area contributed by atoms with Gasteiger partial charge in [0.25, 0.3) is 0 Å². The minimum absolute atomic E-state index is 0. The number of benzene rings is 3. The molecule has 0 N–H and O–H groups in total. The molecular weight excluding hydrogens is 766 g/mol. The van der Waals surface area contributed by atoms with E-state index in [0.29, 0.717) is 36.3 Å². The van der Waals surface area contributed by atoms with Crippen LogP contribution in [0.2, 0.25) is 0 Å². The van der Waals surface area contributed by atoms with Crippen molar-refractivity contribution in [1.82, 2.24) is 4.90 Å². The minimum Gasteiger partial charge on any atom is -0.872 e. The summed E-state index contributed by atoms with van der Waals surface area (Å²) in [6.07, 6.45) is 0. The molecule has 0 aliphatic carbocycles. The Morgan fingerprint density at radius 3 is 0.966 bits per heavy atom. The van der Waals surface area contributed by atoms with Crippen molar-refractivity contribution in [3.63, 3.8) is 0 Å². The van der Waals surface area contributed by atoms with Gasteiger partial charge in [-0.15, -0.1) is 17.2 Å². The van der Waals surface area contributed by atoms with Gasteiger partial charge in [0, 0.05) is 61.5 Å². The van der Waals surface area contributed by atoms with E-state index >= 15 is 0 Å². The molecule has 4 rings (SSSR count). The van der Waals surface area contributed by atoms with E-state index in [0.717, 1.165) is 33.4 Å². The van der Waals surface area contributed by atoms with Crippen LogP contribution < -0.4 is 25.5 Å². The normalized spacial score (nSPS) is 12.8. The van der Waals surface area contributed by atoms with Crippen molar-refractivity contribution in [3.8, 4) is 28.7 Å².